The van der Waals surface area contributed by atoms with E-state index in [1.807, 2.05) is 10.8 Å². The lowest BCUT2D eigenvalue weighted by Crippen LogP contribution is -2.29. The molecule has 2 heterocycles. The molecule has 1 saturated heterocycles. The van der Waals surface area contributed by atoms with E-state index in [4.69, 9.17) is 0 Å². The standard InChI is InChI=1S/C18H32N4/c1-4-10-22-16-18(17(2)19-22)15-20(3)11-9-14-21-12-7-5-6-8-13-21/h4,16H,1,5-15H2,2-3H3. The first kappa shape index (κ1) is 17.2. The molecule has 0 amide bonds. The van der Waals surface area contributed by atoms with E-state index in [0.717, 1.165) is 25.3 Å². The van der Waals surface area contributed by atoms with Gasteiger partial charge in [-0.2, -0.15) is 5.10 Å². The van der Waals surface area contributed by atoms with E-state index >= 15 is 0 Å². The molecule has 22 heavy (non-hydrogen) atoms. The lowest BCUT2D eigenvalue weighted by atomic mass is 10.2. The Labute approximate surface area is 135 Å². The molecule has 1 aromatic heterocycles. The lowest BCUT2D eigenvalue weighted by Gasteiger charge is -2.22. The van der Waals surface area contributed by atoms with Gasteiger partial charge in [-0.05, 0) is 59.4 Å². The Morgan fingerprint density at radius 1 is 1.27 bits per heavy atom. The third kappa shape index (κ3) is 5.58. The molecule has 0 radical (unpaired) electrons. The van der Waals surface area contributed by atoms with Crippen molar-refractivity contribution in [3.63, 3.8) is 0 Å². The number of aromatic nitrogens is 2. The van der Waals surface area contributed by atoms with Gasteiger partial charge in [0.05, 0.1) is 12.2 Å². The molecule has 4 heteroatoms. The quantitative estimate of drug-likeness (QED) is 0.690. The van der Waals surface area contributed by atoms with E-state index in [1.165, 1.54) is 57.3 Å². The zero-order chi connectivity index (χ0) is 15.8. The molecule has 2 rings (SSSR count). The summed E-state index contributed by atoms with van der Waals surface area (Å²) in [5.74, 6) is 0. The van der Waals surface area contributed by atoms with Gasteiger partial charge in [0.2, 0.25) is 0 Å². The first-order valence-corrected chi connectivity index (χ1v) is 8.74. The van der Waals surface area contributed by atoms with E-state index < -0.39 is 0 Å². The van der Waals surface area contributed by atoms with Crippen LogP contribution in [-0.2, 0) is 13.1 Å². The van der Waals surface area contributed by atoms with Gasteiger partial charge in [-0.15, -0.1) is 6.58 Å². The van der Waals surface area contributed by atoms with Gasteiger partial charge in [0, 0.05) is 18.3 Å². The Balaban J connectivity index is 1.70. The topological polar surface area (TPSA) is 24.3 Å². The van der Waals surface area contributed by atoms with Gasteiger partial charge in [0.1, 0.15) is 0 Å². The van der Waals surface area contributed by atoms with Crippen LogP contribution in [0.15, 0.2) is 18.9 Å². The summed E-state index contributed by atoms with van der Waals surface area (Å²) in [5, 5.41) is 4.53. The fourth-order valence-corrected chi connectivity index (χ4v) is 3.23. The maximum atomic E-state index is 4.53. The highest BCUT2D eigenvalue weighted by Gasteiger charge is 2.10. The number of aryl methyl sites for hydroxylation is 1. The van der Waals surface area contributed by atoms with Crippen molar-refractivity contribution in [3.05, 3.63) is 30.1 Å². The molecule has 124 valence electrons. The smallest absolute Gasteiger partial charge is 0.0638 e. The van der Waals surface area contributed by atoms with Gasteiger partial charge in [-0.1, -0.05) is 18.9 Å². The van der Waals surface area contributed by atoms with E-state index in [2.05, 4.69) is 41.6 Å². The van der Waals surface area contributed by atoms with Crippen LogP contribution in [0.1, 0.15) is 43.4 Å². The SMILES string of the molecule is C=CCn1cc(CN(C)CCCN2CCCCCC2)c(C)n1. The predicted octanol–water partition coefficient (Wildman–Crippen LogP) is 3.08. The Morgan fingerprint density at radius 3 is 2.68 bits per heavy atom. The molecule has 4 nitrogen and oxygen atoms in total. The van der Waals surface area contributed by atoms with Crippen molar-refractivity contribution in [1.29, 1.82) is 0 Å². The van der Waals surface area contributed by atoms with Gasteiger partial charge < -0.3 is 9.80 Å². The van der Waals surface area contributed by atoms with Crippen molar-refractivity contribution in [2.75, 3.05) is 33.2 Å². The zero-order valence-corrected chi connectivity index (χ0v) is 14.4. The van der Waals surface area contributed by atoms with Gasteiger partial charge in [0.15, 0.2) is 0 Å². The number of nitrogens with zero attached hydrogens (tertiary/aromatic N) is 4. The van der Waals surface area contributed by atoms with Crippen molar-refractivity contribution in [2.24, 2.45) is 0 Å². The average molecular weight is 304 g/mol. The van der Waals surface area contributed by atoms with Crippen molar-refractivity contribution in [1.82, 2.24) is 19.6 Å². The molecule has 1 aliphatic rings. The summed E-state index contributed by atoms with van der Waals surface area (Å²) in [6.45, 7) is 12.7. The number of hydrogen-bond donors (Lipinski definition) is 0. The second-order valence-corrected chi connectivity index (χ2v) is 6.60. The van der Waals surface area contributed by atoms with Crippen LogP contribution in [0.4, 0.5) is 0 Å². The van der Waals surface area contributed by atoms with Crippen LogP contribution < -0.4 is 0 Å². The summed E-state index contributed by atoms with van der Waals surface area (Å²) in [6.07, 6.45) is 10.9. The van der Waals surface area contributed by atoms with Crippen LogP contribution in [-0.4, -0.2) is 52.8 Å². The second-order valence-electron chi connectivity index (χ2n) is 6.60. The number of rotatable bonds is 8. The van der Waals surface area contributed by atoms with Crippen LogP contribution in [0.25, 0.3) is 0 Å². The predicted molar refractivity (Wildman–Crippen MR) is 93.0 cm³/mol. The minimum atomic E-state index is 0.791. The van der Waals surface area contributed by atoms with Crippen molar-refractivity contribution < 1.29 is 0 Å². The highest BCUT2D eigenvalue weighted by atomic mass is 15.3. The van der Waals surface area contributed by atoms with Crippen LogP contribution in [0.5, 0.6) is 0 Å². The summed E-state index contributed by atoms with van der Waals surface area (Å²) in [6, 6.07) is 0. The van der Waals surface area contributed by atoms with Crippen molar-refractivity contribution in [3.8, 4) is 0 Å². The van der Waals surface area contributed by atoms with Crippen molar-refractivity contribution in [2.45, 2.75) is 52.1 Å². The summed E-state index contributed by atoms with van der Waals surface area (Å²) in [7, 11) is 2.21. The molecule has 0 atom stereocenters. The minimum Gasteiger partial charge on any atom is -0.303 e. The van der Waals surface area contributed by atoms with E-state index in [-0.39, 0.29) is 0 Å². The average Bonchev–Trinajstić information content (AvgIpc) is 2.68. The Morgan fingerprint density at radius 2 is 2.00 bits per heavy atom. The largest absolute Gasteiger partial charge is 0.303 e. The molecule has 0 N–H and O–H groups in total. The van der Waals surface area contributed by atoms with E-state index in [1.54, 1.807) is 0 Å². The monoisotopic (exact) mass is 304 g/mol. The van der Waals surface area contributed by atoms with Gasteiger partial charge >= 0.3 is 0 Å². The van der Waals surface area contributed by atoms with Crippen LogP contribution in [0, 0.1) is 6.92 Å². The van der Waals surface area contributed by atoms with Crippen molar-refractivity contribution >= 4 is 0 Å². The molecule has 0 saturated carbocycles. The Kier molecular flexibility index (Phi) is 7.13. The Bertz CT molecular complexity index is 444. The number of allylic oxidation sites excluding steroid dienone is 1. The highest BCUT2D eigenvalue weighted by Crippen LogP contribution is 2.11. The molecule has 0 spiro atoms. The lowest BCUT2D eigenvalue weighted by molar-refractivity contribution is 0.249. The molecule has 1 aromatic rings. The molecule has 0 aliphatic carbocycles. The van der Waals surface area contributed by atoms with Gasteiger partial charge in [0.25, 0.3) is 0 Å². The molecular formula is C18H32N4. The maximum Gasteiger partial charge on any atom is 0.0638 e. The molecule has 1 aliphatic heterocycles. The number of hydrogen-bond acceptors (Lipinski definition) is 3. The third-order valence-electron chi connectivity index (χ3n) is 4.52. The summed E-state index contributed by atoms with van der Waals surface area (Å²) < 4.78 is 1.97. The molecule has 0 unspecified atom stereocenters. The highest BCUT2D eigenvalue weighted by molar-refractivity contribution is 5.15. The third-order valence-corrected chi connectivity index (χ3v) is 4.52. The van der Waals surface area contributed by atoms with Gasteiger partial charge in [-0.3, -0.25) is 4.68 Å². The normalized spacial score (nSPS) is 16.9. The number of likely N-dealkylation sites (tertiary alicyclic amines) is 1. The summed E-state index contributed by atoms with van der Waals surface area (Å²) in [4.78, 5) is 5.06. The first-order chi connectivity index (χ1) is 10.7. The van der Waals surface area contributed by atoms with Crippen LogP contribution >= 0.6 is 0 Å². The fraction of sp³-hybridized carbons (Fsp3) is 0.722. The molecule has 0 aromatic carbocycles. The van der Waals surface area contributed by atoms with Gasteiger partial charge in [-0.25, -0.2) is 0 Å². The zero-order valence-electron chi connectivity index (χ0n) is 14.4. The Hall–Kier alpha value is -1.13. The molecule has 1 fully saturated rings. The summed E-state index contributed by atoms with van der Waals surface area (Å²) >= 11 is 0. The van der Waals surface area contributed by atoms with Crippen LogP contribution in [0.3, 0.4) is 0 Å². The van der Waals surface area contributed by atoms with Crippen LogP contribution in [0.2, 0.25) is 0 Å². The maximum absolute atomic E-state index is 4.53. The minimum absolute atomic E-state index is 0.791. The first-order valence-electron chi connectivity index (χ1n) is 8.74. The summed E-state index contributed by atoms with van der Waals surface area (Å²) in [5.41, 5.74) is 2.47. The van der Waals surface area contributed by atoms with E-state index in [0.29, 0.717) is 0 Å². The molecule has 0 bridgehead atoms. The second kappa shape index (κ2) is 9.11. The van der Waals surface area contributed by atoms with E-state index in [9.17, 15) is 0 Å². The molecular weight excluding hydrogens is 272 g/mol. The fourth-order valence-electron chi connectivity index (χ4n) is 3.23.